The number of hydrogen-bond acceptors (Lipinski definition) is 5. The molecule has 3 rings (SSSR count). The highest BCUT2D eigenvalue weighted by Crippen LogP contribution is 2.23. The van der Waals surface area contributed by atoms with Crippen LogP contribution >= 0.6 is 0 Å². The van der Waals surface area contributed by atoms with E-state index in [2.05, 4.69) is 13.2 Å². The fraction of sp³-hybridized carbons (Fsp3) is 0.0741. The van der Waals surface area contributed by atoms with Crippen LogP contribution < -0.4 is 4.74 Å². The molecule has 160 valence electrons. The molecule has 0 heterocycles. The molecule has 0 spiro atoms. The lowest BCUT2D eigenvalue weighted by Crippen LogP contribution is -2.03. The molecule has 3 aromatic rings. The average molecular weight is 426 g/mol. The second-order valence-electron chi connectivity index (χ2n) is 7.00. The third kappa shape index (κ3) is 6.37. The van der Waals surface area contributed by atoms with Gasteiger partial charge in [0.05, 0.1) is 0 Å². The van der Waals surface area contributed by atoms with Gasteiger partial charge in [-0.15, -0.1) is 0 Å². The van der Waals surface area contributed by atoms with Crippen LogP contribution in [-0.4, -0.2) is 17.7 Å². The molecular weight excluding hydrogens is 404 g/mol. The molecule has 0 unspecified atom stereocenters. The first-order chi connectivity index (χ1) is 15.5. The van der Waals surface area contributed by atoms with Crippen molar-refractivity contribution in [3.05, 3.63) is 109 Å². The Kier molecular flexibility index (Phi) is 7.49. The van der Waals surface area contributed by atoms with Crippen LogP contribution in [0.4, 0.5) is 0 Å². The molecule has 0 radical (unpaired) electrons. The molecule has 0 N–H and O–H groups in total. The quantitative estimate of drug-likeness (QED) is 0.274. The maximum Gasteiger partial charge on any atom is 0.336 e. The minimum Gasteiger partial charge on any atom is -0.458 e. The van der Waals surface area contributed by atoms with Gasteiger partial charge in [0.1, 0.15) is 12.4 Å². The fourth-order valence-electron chi connectivity index (χ4n) is 2.97. The second-order valence-corrected chi connectivity index (χ2v) is 7.00. The summed E-state index contributed by atoms with van der Waals surface area (Å²) in [6, 6.07) is 18.3. The van der Waals surface area contributed by atoms with Gasteiger partial charge < -0.3 is 9.47 Å². The standard InChI is InChI=1S/C27H22O5/c1-3-24(28)16-20-7-5-19(6-8-20)10-14-27(30)32-25-13-12-22-15-21(9-11-23(22)17-25)18-31-26(29)4-2/h3-15,17H,1-2,16,18H2/b14-10+. The molecule has 5 heteroatoms. The third-order valence-corrected chi connectivity index (χ3v) is 4.64. The summed E-state index contributed by atoms with van der Waals surface area (Å²) in [4.78, 5) is 34.8. The third-order valence-electron chi connectivity index (χ3n) is 4.64. The Morgan fingerprint density at radius 1 is 0.781 bits per heavy atom. The number of fused-ring (bicyclic) bond motifs is 1. The number of benzene rings is 3. The Bertz CT molecular complexity index is 1200. The fourth-order valence-corrected chi connectivity index (χ4v) is 2.97. The van der Waals surface area contributed by atoms with E-state index in [9.17, 15) is 14.4 Å². The highest BCUT2D eigenvalue weighted by molar-refractivity contribution is 5.91. The highest BCUT2D eigenvalue weighted by Gasteiger charge is 2.05. The van der Waals surface area contributed by atoms with Crippen molar-refractivity contribution in [3.63, 3.8) is 0 Å². The van der Waals surface area contributed by atoms with E-state index in [1.54, 1.807) is 18.2 Å². The maximum atomic E-state index is 12.2. The number of carbonyl (C=O) groups excluding carboxylic acids is 3. The van der Waals surface area contributed by atoms with Crippen molar-refractivity contribution in [3.8, 4) is 5.75 Å². The molecule has 0 aliphatic heterocycles. The van der Waals surface area contributed by atoms with Gasteiger partial charge >= 0.3 is 11.9 Å². The van der Waals surface area contributed by atoms with Crippen molar-refractivity contribution in [1.29, 1.82) is 0 Å². The highest BCUT2D eigenvalue weighted by atomic mass is 16.5. The van der Waals surface area contributed by atoms with Crippen molar-refractivity contribution in [2.75, 3.05) is 0 Å². The van der Waals surface area contributed by atoms with Crippen molar-refractivity contribution in [2.45, 2.75) is 13.0 Å². The molecule has 0 bridgehead atoms. The Labute approximate surface area is 186 Å². The van der Waals surface area contributed by atoms with Crippen LogP contribution in [0.25, 0.3) is 16.8 Å². The van der Waals surface area contributed by atoms with Crippen molar-refractivity contribution < 1.29 is 23.9 Å². The van der Waals surface area contributed by atoms with E-state index < -0.39 is 11.9 Å². The van der Waals surface area contributed by atoms with Gasteiger partial charge in [-0.2, -0.15) is 0 Å². The van der Waals surface area contributed by atoms with Gasteiger partial charge in [0.15, 0.2) is 5.78 Å². The zero-order chi connectivity index (χ0) is 22.9. The van der Waals surface area contributed by atoms with Crippen LogP contribution in [0.1, 0.15) is 16.7 Å². The van der Waals surface area contributed by atoms with Crippen LogP contribution in [0.15, 0.2) is 92.0 Å². The smallest absolute Gasteiger partial charge is 0.336 e. The second kappa shape index (κ2) is 10.7. The van der Waals surface area contributed by atoms with Crippen molar-refractivity contribution in [2.24, 2.45) is 0 Å². The number of ketones is 1. The predicted molar refractivity (Wildman–Crippen MR) is 124 cm³/mol. The summed E-state index contributed by atoms with van der Waals surface area (Å²) < 4.78 is 10.4. The number of carbonyl (C=O) groups is 3. The molecule has 0 fully saturated rings. The lowest BCUT2D eigenvalue weighted by molar-refractivity contribution is -0.139. The SMILES string of the molecule is C=CC(=O)Cc1ccc(/C=C/C(=O)Oc2ccc3cc(COC(=O)C=C)ccc3c2)cc1. The van der Waals surface area contributed by atoms with Gasteiger partial charge in [-0.25, -0.2) is 9.59 Å². The molecule has 0 saturated heterocycles. The summed E-state index contributed by atoms with van der Waals surface area (Å²) in [7, 11) is 0. The van der Waals surface area contributed by atoms with Gasteiger partial charge in [0.2, 0.25) is 0 Å². The minimum atomic E-state index is -0.497. The molecule has 5 nitrogen and oxygen atoms in total. The summed E-state index contributed by atoms with van der Waals surface area (Å²) in [5.74, 6) is -0.585. The first-order valence-corrected chi connectivity index (χ1v) is 9.93. The van der Waals surface area contributed by atoms with Crippen LogP contribution in [-0.2, 0) is 32.1 Å². The van der Waals surface area contributed by atoms with E-state index >= 15 is 0 Å². The van der Waals surface area contributed by atoms with Crippen molar-refractivity contribution >= 4 is 34.6 Å². The topological polar surface area (TPSA) is 69.7 Å². The minimum absolute atomic E-state index is 0.0420. The average Bonchev–Trinajstić information content (AvgIpc) is 2.81. The summed E-state index contributed by atoms with van der Waals surface area (Å²) in [6.07, 6.45) is 5.73. The Balaban J connectivity index is 1.61. The van der Waals surface area contributed by atoms with Crippen molar-refractivity contribution in [1.82, 2.24) is 0 Å². The Morgan fingerprint density at radius 2 is 1.47 bits per heavy atom. The lowest BCUT2D eigenvalue weighted by atomic mass is 10.1. The summed E-state index contributed by atoms with van der Waals surface area (Å²) in [5.41, 5.74) is 2.55. The van der Waals surface area contributed by atoms with E-state index in [1.807, 2.05) is 48.5 Å². The number of hydrogen-bond donors (Lipinski definition) is 0. The number of allylic oxidation sites excluding steroid dienone is 1. The van der Waals surface area contributed by atoms with Crippen LogP contribution in [0.5, 0.6) is 5.75 Å². The van der Waals surface area contributed by atoms with Gasteiger partial charge in [0.25, 0.3) is 0 Å². The van der Waals surface area contributed by atoms with E-state index in [-0.39, 0.29) is 12.4 Å². The molecule has 0 amide bonds. The maximum absolute atomic E-state index is 12.2. The molecule has 3 aromatic carbocycles. The van der Waals surface area contributed by atoms with Gasteiger partial charge in [0, 0.05) is 18.6 Å². The lowest BCUT2D eigenvalue weighted by Gasteiger charge is -2.06. The van der Waals surface area contributed by atoms with E-state index in [1.165, 1.54) is 12.2 Å². The first kappa shape index (κ1) is 22.4. The summed E-state index contributed by atoms with van der Waals surface area (Å²) in [6.45, 7) is 6.99. The largest absolute Gasteiger partial charge is 0.458 e. The monoisotopic (exact) mass is 426 g/mol. The van der Waals surface area contributed by atoms with Gasteiger partial charge in [-0.1, -0.05) is 55.6 Å². The molecule has 32 heavy (non-hydrogen) atoms. The molecule has 0 aromatic heterocycles. The molecule has 0 saturated carbocycles. The zero-order valence-corrected chi connectivity index (χ0v) is 17.5. The molecular formula is C27H22O5. The summed E-state index contributed by atoms with van der Waals surface area (Å²) >= 11 is 0. The molecule has 0 aliphatic carbocycles. The van der Waals surface area contributed by atoms with E-state index in [4.69, 9.17) is 9.47 Å². The van der Waals surface area contributed by atoms with Crippen LogP contribution in [0.2, 0.25) is 0 Å². The summed E-state index contributed by atoms with van der Waals surface area (Å²) in [5, 5.41) is 1.82. The van der Waals surface area contributed by atoms with Crippen LogP contribution in [0.3, 0.4) is 0 Å². The zero-order valence-electron chi connectivity index (χ0n) is 17.5. The Morgan fingerprint density at radius 3 is 2.19 bits per heavy atom. The van der Waals surface area contributed by atoms with Gasteiger partial charge in [-0.05, 0) is 57.8 Å². The normalized spacial score (nSPS) is 10.6. The van der Waals surface area contributed by atoms with Gasteiger partial charge in [-0.3, -0.25) is 4.79 Å². The predicted octanol–water partition coefficient (Wildman–Crippen LogP) is 4.99. The number of ether oxygens (including phenoxy) is 2. The number of rotatable bonds is 9. The number of esters is 2. The molecule has 0 aliphatic rings. The molecule has 0 atom stereocenters. The first-order valence-electron chi connectivity index (χ1n) is 9.93. The van der Waals surface area contributed by atoms with E-state index in [0.29, 0.717) is 12.2 Å². The van der Waals surface area contributed by atoms with Crippen LogP contribution in [0, 0.1) is 0 Å². The Hall–Kier alpha value is -4.25. The van der Waals surface area contributed by atoms with E-state index in [0.717, 1.165) is 33.5 Å².